The molecule has 2 atom stereocenters. The highest BCUT2D eigenvalue weighted by Gasteiger charge is 2.37. The summed E-state index contributed by atoms with van der Waals surface area (Å²) in [6.45, 7) is 0. The van der Waals surface area contributed by atoms with Crippen LogP contribution < -0.4 is 0 Å². The van der Waals surface area contributed by atoms with Gasteiger partial charge in [0.15, 0.2) is 17.5 Å². The molecule has 2 unspecified atom stereocenters. The van der Waals surface area contributed by atoms with Gasteiger partial charge in [-0.05, 0) is 103 Å². The largest absolute Gasteiger partial charge is 0.456 e. The zero-order chi connectivity index (χ0) is 42.1. The van der Waals surface area contributed by atoms with E-state index in [1.807, 2.05) is 17.8 Å². The van der Waals surface area contributed by atoms with E-state index in [9.17, 15) is 0 Å². The van der Waals surface area contributed by atoms with Crippen LogP contribution in [-0.2, 0) is 0 Å². The van der Waals surface area contributed by atoms with Gasteiger partial charge in [0.25, 0.3) is 0 Å². The Morgan fingerprint density at radius 3 is 1.83 bits per heavy atom. The Labute approximate surface area is 374 Å². The molecule has 2 aliphatic rings. The van der Waals surface area contributed by atoms with Gasteiger partial charge in [-0.3, -0.25) is 0 Å². The molecule has 64 heavy (non-hydrogen) atoms. The molecule has 0 saturated carbocycles. The van der Waals surface area contributed by atoms with Crippen LogP contribution in [0.2, 0.25) is 0 Å². The van der Waals surface area contributed by atoms with Gasteiger partial charge in [0.2, 0.25) is 0 Å². The third-order valence-corrected chi connectivity index (χ3v) is 14.3. The first-order valence-corrected chi connectivity index (χ1v) is 22.6. The van der Waals surface area contributed by atoms with Crippen LogP contribution in [0.25, 0.3) is 105 Å². The molecule has 5 heteroatoms. The number of nitrogens with zero attached hydrogens (tertiary/aromatic N) is 3. The summed E-state index contributed by atoms with van der Waals surface area (Å²) in [4.78, 5) is 17.1. The Morgan fingerprint density at radius 2 is 1.02 bits per heavy atom. The van der Waals surface area contributed by atoms with Crippen LogP contribution in [-0.4, -0.2) is 20.2 Å². The van der Waals surface area contributed by atoms with Gasteiger partial charge in [0.1, 0.15) is 11.2 Å². The molecule has 13 rings (SSSR count). The van der Waals surface area contributed by atoms with Crippen LogP contribution >= 0.6 is 11.8 Å². The fourth-order valence-corrected chi connectivity index (χ4v) is 11.1. The van der Waals surface area contributed by atoms with Gasteiger partial charge in [-0.2, -0.15) is 0 Å². The second-order valence-corrected chi connectivity index (χ2v) is 17.9. The van der Waals surface area contributed by atoms with E-state index in [0.717, 1.165) is 77.1 Å². The van der Waals surface area contributed by atoms with Crippen LogP contribution in [0.5, 0.6) is 0 Å². The minimum Gasteiger partial charge on any atom is -0.456 e. The molecule has 1 aliphatic carbocycles. The predicted octanol–water partition coefficient (Wildman–Crippen LogP) is 15.6. The van der Waals surface area contributed by atoms with Gasteiger partial charge in [0, 0.05) is 43.5 Å². The molecule has 0 amide bonds. The summed E-state index contributed by atoms with van der Waals surface area (Å²) in [6.07, 6.45) is 6.69. The molecule has 3 heterocycles. The van der Waals surface area contributed by atoms with E-state index < -0.39 is 0 Å². The van der Waals surface area contributed by atoms with Crippen molar-refractivity contribution in [2.75, 3.05) is 0 Å². The van der Waals surface area contributed by atoms with Gasteiger partial charge in [0.05, 0.1) is 0 Å². The average molecular weight is 836 g/mol. The second-order valence-electron chi connectivity index (χ2n) is 16.7. The molecule has 9 aromatic carbocycles. The van der Waals surface area contributed by atoms with Crippen LogP contribution in [0.4, 0.5) is 0 Å². The number of aromatic nitrogens is 3. The van der Waals surface area contributed by atoms with Crippen LogP contribution in [0.15, 0.2) is 222 Å². The van der Waals surface area contributed by atoms with Crippen molar-refractivity contribution in [3.8, 4) is 56.2 Å². The Hall–Kier alpha value is -7.86. The molecule has 0 saturated heterocycles. The molecule has 300 valence electrons. The quantitative estimate of drug-likeness (QED) is 0.167. The number of furan rings is 1. The van der Waals surface area contributed by atoms with Crippen molar-refractivity contribution in [1.82, 2.24) is 15.0 Å². The van der Waals surface area contributed by atoms with Crippen molar-refractivity contribution in [1.29, 1.82) is 0 Å². The minimum atomic E-state index is 0.176. The van der Waals surface area contributed by atoms with Crippen molar-refractivity contribution in [3.05, 3.63) is 224 Å². The third kappa shape index (κ3) is 6.27. The number of hydrogen-bond donors (Lipinski definition) is 0. The predicted molar refractivity (Wildman–Crippen MR) is 265 cm³/mol. The van der Waals surface area contributed by atoms with E-state index >= 15 is 0 Å². The topological polar surface area (TPSA) is 51.8 Å². The van der Waals surface area contributed by atoms with E-state index in [-0.39, 0.29) is 11.2 Å². The molecule has 0 bridgehead atoms. The maximum Gasteiger partial charge on any atom is 0.164 e. The Morgan fingerprint density at radius 1 is 0.422 bits per heavy atom. The summed E-state index contributed by atoms with van der Waals surface area (Å²) in [5.41, 5.74) is 13.0. The zero-order valence-electron chi connectivity index (χ0n) is 34.5. The Kier molecular flexibility index (Phi) is 8.56. The molecular formula is C59H37N3OS. The van der Waals surface area contributed by atoms with E-state index in [1.54, 1.807) is 0 Å². The zero-order valence-corrected chi connectivity index (χ0v) is 35.3. The van der Waals surface area contributed by atoms with E-state index in [1.165, 1.54) is 27.0 Å². The molecule has 0 spiro atoms. The molecule has 4 nitrogen and oxygen atoms in total. The lowest BCUT2D eigenvalue weighted by Gasteiger charge is -2.22. The van der Waals surface area contributed by atoms with Crippen LogP contribution in [0, 0.1) is 0 Å². The lowest BCUT2D eigenvalue weighted by molar-refractivity contribution is 0.669. The smallest absolute Gasteiger partial charge is 0.164 e. The first kappa shape index (κ1) is 36.8. The van der Waals surface area contributed by atoms with Gasteiger partial charge in [-0.1, -0.05) is 170 Å². The summed E-state index contributed by atoms with van der Waals surface area (Å²) < 4.78 is 6.58. The highest BCUT2D eigenvalue weighted by molar-refractivity contribution is 8.00. The van der Waals surface area contributed by atoms with E-state index in [2.05, 4.69) is 206 Å². The summed E-state index contributed by atoms with van der Waals surface area (Å²) in [5, 5.41) is 6.96. The van der Waals surface area contributed by atoms with Crippen LogP contribution in [0.3, 0.4) is 0 Å². The molecule has 0 N–H and O–H groups in total. The first-order valence-electron chi connectivity index (χ1n) is 21.7. The molecule has 0 fully saturated rings. The molecule has 2 aromatic heterocycles. The lowest BCUT2D eigenvalue weighted by atomic mass is 9.88. The van der Waals surface area contributed by atoms with E-state index in [4.69, 9.17) is 19.4 Å². The Bertz CT molecular complexity index is 3720. The maximum absolute atomic E-state index is 6.58. The highest BCUT2D eigenvalue weighted by Crippen LogP contribution is 2.52. The number of benzene rings is 9. The number of allylic oxidation sites excluding steroid dienone is 3. The summed E-state index contributed by atoms with van der Waals surface area (Å²) in [6, 6.07) is 69.1. The third-order valence-electron chi connectivity index (χ3n) is 12.9. The van der Waals surface area contributed by atoms with Gasteiger partial charge in [-0.15, -0.1) is 11.8 Å². The average Bonchev–Trinajstić information content (AvgIpc) is 3.94. The fourth-order valence-electron chi connectivity index (χ4n) is 9.65. The maximum atomic E-state index is 6.58. The first-order chi connectivity index (χ1) is 31.7. The summed E-state index contributed by atoms with van der Waals surface area (Å²) >= 11 is 1.90. The molecule has 1 aliphatic heterocycles. The van der Waals surface area contributed by atoms with Crippen molar-refractivity contribution in [2.45, 2.75) is 16.1 Å². The van der Waals surface area contributed by atoms with Crippen molar-refractivity contribution >= 4 is 60.8 Å². The highest BCUT2D eigenvalue weighted by atomic mass is 32.2. The standard InChI is InChI=1S/C59H37N3OS/c1-2-11-36(12-3-1)38-21-23-40(24-22-38)46-34-51(55-49-16-6-8-19-52(49)63-53(55)35-46)42-28-25-39-27-30-44(33-45(39)32-42)58-60-57(43-29-26-37-13-4-5-14-41(37)31-43)61-59(62-58)50-18-10-17-48-47-15-7-9-20-54(47)64-56(48)50/h1-35,48,56H. The summed E-state index contributed by atoms with van der Waals surface area (Å²) in [7, 11) is 0. The Balaban J connectivity index is 0.945. The monoisotopic (exact) mass is 835 g/mol. The molecule has 11 aromatic rings. The number of thioether (sulfide) groups is 1. The van der Waals surface area contributed by atoms with Gasteiger partial charge >= 0.3 is 0 Å². The molecule has 0 radical (unpaired) electrons. The number of fused-ring (bicyclic) bond motifs is 8. The number of rotatable bonds is 6. The lowest BCUT2D eigenvalue weighted by Crippen LogP contribution is -2.16. The van der Waals surface area contributed by atoms with Crippen molar-refractivity contribution in [2.24, 2.45) is 0 Å². The SMILES string of the molecule is C1=CC2c3ccccc3SC2C(c2nc(-c3ccc4ccccc4c3)nc(-c3ccc4ccc(-c5cc(-c6ccc(-c7ccccc7)cc6)cc6oc7ccccc7c56)cc4c3)n2)=C1. The second kappa shape index (κ2) is 14.9. The van der Waals surface area contributed by atoms with E-state index in [0.29, 0.717) is 17.5 Å². The fraction of sp³-hybridized carbons (Fsp3) is 0.0339. The van der Waals surface area contributed by atoms with Crippen molar-refractivity contribution < 1.29 is 4.42 Å². The normalized spacial score (nSPS) is 15.5. The van der Waals surface area contributed by atoms with Gasteiger partial charge < -0.3 is 4.42 Å². The van der Waals surface area contributed by atoms with Crippen molar-refractivity contribution in [3.63, 3.8) is 0 Å². The number of hydrogen-bond acceptors (Lipinski definition) is 5. The molecular weight excluding hydrogens is 799 g/mol. The minimum absolute atomic E-state index is 0.176. The summed E-state index contributed by atoms with van der Waals surface area (Å²) in [5.74, 6) is 2.28. The van der Waals surface area contributed by atoms with Crippen LogP contribution in [0.1, 0.15) is 17.3 Å². The number of para-hydroxylation sites is 1. The van der Waals surface area contributed by atoms with Gasteiger partial charge in [-0.25, -0.2) is 15.0 Å².